The van der Waals surface area contributed by atoms with E-state index in [0.29, 0.717) is 25.5 Å². The average Bonchev–Trinajstić information content (AvgIpc) is 2.92. The van der Waals surface area contributed by atoms with Gasteiger partial charge in [0.2, 0.25) is 0 Å². The zero-order chi connectivity index (χ0) is 17.4. The third-order valence-electron chi connectivity index (χ3n) is 3.72. The molecule has 1 saturated heterocycles. The fourth-order valence-corrected chi connectivity index (χ4v) is 4.13. The highest BCUT2D eigenvalue weighted by molar-refractivity contribution is 14.0. The molecule has 2 N–H and O–H groups in total. The Morgan fingerprint density at radius 1 is 1.36 bits per heavy atom. The van der Waals surface area contributed by atoms with Crippen molar-refractivity contribution in [3.8, 4) is 11.5 Å². The SMILES string of the molecule is CN=C(NCCCOc1cccc(OC)c1)NC1CCS(=O)(=O)C1.I. The summed E-state index contributed by atoms with van der Waals surface area (Å²) in [5.74, 6) is 2.58. The van der Waals surface area contributed by atoms with Gasteiger partial charge in [-0.15, -0.1) is 24.0 Å². The van der Waals surface area contributed by atoms with Gasteiger partial charge in [0.1, 0.15) is 11.5 Å². The minimum Gasteiger partial charge on any atom is -0.497 e. The minimum atomic E-state index is -2.89. The van der Waals surface area contributed by atoms with Gasteiger partial charge in [0, 0.05) is 25.7 Å². The molecular formula is C16H26IN3O4S. The first-order chi connectivity index (χ1) is 11.5. The van der Waals surface area contributed by atoms with Crippen LogP contribution >= 0.6 is 24.0 Å². The van der Waals surface area contributed by atoms with Crippen LogP contribution in [-0.4, -0.2) is 59.2 Å². The number of hydrogen-bond acceptors (Lipinski definition) is 5. The molecule has 9 heteroatoms. The van der Waals surface area contributed by atoms with E-state index in [4.69, 9.17) is 9.47 Å². The Balaban J connectivity index is 0.00000312. The van der Waals surface area contributed by atoms with Crippen LogP contribution in [0, 0.1) is 0 Å². The molecule has 142 valence electrons. The number of methoxy groups -OCH3 is 1. The topological polar surface area (TPSA) is 89.0 Å². The van der Waals surface area contributed by atoms with E-state index < -0.39 is 9.84 Å². The Labute approximate surface area is 166 Å². The monoisotopic (exact) mass is 483 g/mol. The molecule has 0 amide bonds. The van der Waals surface area contributed by atoms with Gasteiger partial charge in [-0.2, -0.15) is 0 Å². The molecular weight excluding hydrogens is 457 g/mol. The summed E-state index contributed by atoms with van der Waals surface area (Å²) in [4.78, 5) is 4.12. The van der Waals surface area contributed by atoms with Crippen LogP contribution in [0.25, 0.3) is 0 Å². The fraction of sp³-hybridized carbons (Fsp3) is 0.562. The number of sulfone groups is 1. The van der Waals surface area contributed by atoms with Gasteiger partial charge < -0.3 is 20.1 Å². The summed E-state index contributed by atoms with van der Waals surface area (Å²) in [5.41, 5.74) is 0. The van der Waals surface area contributed by atoms with Crippen molar-refractivity contribution in [3.63, 3.8) is 0 Å². The van der Waals surface area contributed by atoms with Crippen molar-refractivity contribution in [2.24, 2.45) is 4.99 Å². The molecule has 1 aromatic carbocycles. The van der Waals surface area contributed by atoms with Crippen LogP contribution in [-0.2, 0) is 9.84 Å². The van der Waals surface area contributed by atoms with Crippen LogP contribution in [0.2, 0.25) is 0 Å². The first kappa shape index (κ1) is 21.8. The quantitative estimate of drug-likeness (QED) is 0.264. The molecule has 0 radical (unpaired) electrons. The summed E-state index contributed by atoms with van der Waals surface area (Å²) in [6, 6.07) is 7.42. The van der Waals surface area contributed by atoms with E-state index in [-0.39, 0.29) is 41.5 Å². The Morgan fingerprint density at radius 2 is 2.12 bits per heavy atom. The summed E-state index contributed by atoms with van der Waals surface area (Å²) in [6.07, 6.45) is 1.42. The molecule has 0 aromatic heterocycles. The molecule has 7 nitrogen and oxygen atoms in total. The van der Waals surface area contributed by atoms with Crippen LogP contribution in [0.3, 0.4) is 0 Å². The Bertz CT molecular complexity index is 667. The molecule has 1 unspecified atom stereocenters. The van der Waals surface area contributed by atoms with Crippen molar-refractivity contribution in [2.45, 2.75) is 18.9 Å². The van der Waals surface area contributed by atoms with E-state index in [0.717, 1.165) is 17.9 Å². The van der Waals surface area contributed by atoms with Gasteiger partial charge in [0.15, 0.2) is 15.8 Å². The first-order valence-electron chi connectivity index (χ1n) is 7.97. The molecule has 0 aliphatic carbocycles. The second-order valence-electron chi connectivity index (χ2n) is 5.62. The van der Waals surface area contributed by atoms with E-state index in [1.807, 2.05) is 24.3 Å². The van der Waals surface area contributed by atoms with Crippen molar-refractivity contribution in [1.82, 2.24) is 10.6 Å². The maximum absolute atomic E-state index is 11.5. The molecule has 1 heterocycles. The Kier molecular flexibility index (Phi) is 9.33. The largest absolute Gasteiger partial charge is 0.497 e. The molecule has 2 rings (SSSR count). The van der Waals surface area contributed by atoms with E-state index in [1.165, 1.54) is 0 Å². The molecule has 1 aromatic rings. The number of rotatable bonds is 7. The summed E-state index contributed by atoms with van der Waals surface area (Å²) in [5, 5.41) is 6.32. The second-order valence-corrected chi connectivity index (χ2v) is 7.85. The van der Waals surface area contributed by atoms with Gasteiger partial charge in [-0.1, -0.05) is 6.07 Å². The number of nitrogens with zero attached hydrogens (tertiary/aromatic N) is 1. The summed E-state index contributed by atoms with van der Waals surface area (Å²) in [6.45, 7) is 1.25. The highest BCUT2D eigenvalue weighted by Gasteiger charge is 2.28. The number of guanidine groups is 1. The Morgan fingerprint density at radius 3 is 2.76 bits per heavy atom. The van der Waals surface area contributed by atoms with Gasteiger partial charge in [0.25, 0.3) is 0 Å². The number of ether oxygens (including phenoxy) is 2. The highest BCUT2D eigenvalue weighted by Crippen LogP contribution is 2.18. The van der Waals surface area contributed by atoms with Gasteiger partial charge >= 0.3 is 0 Å². The van der Waals surface area contributed by atoms with E-state index >= 15 is 0 Å². The molecule has 1 fully saturated rings. The van der Waals surface area contributed by atoms with Crippen molar-refractivity contribution >= 4 is 39.8 Å². The lowest BCUT2D eigenvalue weighted by atomic mass is 10.3. The molecule has 0 bridgehead atoms. The lowest BCUT2D eigenvalue weighted by Crippen LogP contribution is -2.44. The molecule has 0 spiro atoms. The maximum Gasteiger partial charge on any atom is 0.191 e. The smallest absolute Gasteiger partial charge is 0.191 e. The second kappa shape index (κ2) is 10.7. The van der Waals surface area contributed by atoms with Crippen LogP contribution in [0.4, 0.5) is 0 Å². The third kappa shape index (κ3) is 7.68. The van der Waals surface area contributed by atoms with Gasteiger partial charge in [0.05, 0.1) is 25.2 Å². The predicted molar refractivity (Wildman–Crippen MR) is 110 cm³/mol. The van der Waals surface area contributed by atoms with Crippen molar-refractivity contribution in [2.75, 3.05) is 38.8 Å². The third-order valence-corrected chi connectivity index (χ3v) is 5.49. The van der Waals surface area contributed by atoms with Gasteiger partial charge in [-0.3, -0.25) is 4.99 Å². The number of aliphatic imine (C=N–C) groups is 1. The van der Waals surface area contributed by atoms with Crippen molar-refractivity contribution in [1.29, 1.82) is 0 Å². The van der Waals surface area contributed by atoms with E-state index in [9.17, 15) is 8.42 Å². The average molecular weight is 483 g/mol. The number of benzene rings is 1. The summed E-state index contributed by atoms with van der Waals surface area (Å²) in [7, 11) is 0.404. The molecule has 1 aliphatic rings. The predicted octanol–water partition coefficient (Wildman–Crippen LogP) is 1.43. The summed E-state index contributed by atoms with van der Waals surface area (Å²) >= 11 is 0. The van der Waals surface area contributed by atoms with Crippen LogP contribution < -0.4 is 20.1 Å². The molecule has 25 heavy (non-hydrogen) atoms. The normalized spacial score (nSPS) is 19.0. The molecule has 0 saturated carbocycles. The maximum atomic E-state index is 11.5. The van der Waals surface area contributed by atoms with Gasteiger partial charge in [-0.25, -0.2) is 8.42 Å². The number of nitrogens with one attached hydrogen (secondary N) is 2. The van der Waals surface area contributed by atoms with Crippen molar-refractivity contribution < 1.29 is 17.9 Å². The lowest BCUT2D eigenvalue weighted by Gasteiger charge is -2.16. The Hall–Kier alpha value is -1.23. The van der Waals surface area contributed by atoms with E-state index in [1.54, 1.807) is 14.2 Å². The standard InChI is InChI=1S/C16H25N3O4S.HI/c1-17-16(19-13-7-10-24(20,21)12-13)18-8-4-9-23-15-6-3-5-14(11-15)22-2;/h3,5-6,11,13H,4,7-10,12H2,1-2H3,(H2,17,18,19);1H. The van der Waals surface area contributed by atoms with Crippen LogP contribution in [0.15, 0.2) is 29.3 Å². The zero-order valence-corrected chi connectivity index (χ0v) is 17.7. The number of halogens is 1. The molecule has 1 atom stereocenters. The zero-order valence-electron chi connectivity index (χ0n) is 14.5. The first-order valence-corrected chi connectivity index (χ1v) is 9.79. The van der Waals surface area contributed by atoms with Gasteiger partial charge in [-0.05, 0) is 25.0 Å². The van der Waals surface area contributed by atoms with Crippen LogP contribution in [0.1, 0.15) is 12.8 Å². The minimum absolute atomic E-state index is 0. The summed E-state index contributed by atoms with van der Waals surface area (Å²) < 4.78 is 33.7. The lowest BCUT2D eigenvalue weighted by molar-refractivity contribution is 0.308. The number of hydrogen-bond donors (Lipinski definition) is 2. The fourth-order valence-electron chi connectivity index (χ4n) is 2.46. The van der Waals surface area contributed by atoms with Crippen molar-refractivity contribution in [3.05, 3.63) is 24.3 Å². The highest BCUT2D eigenvalue weighted by atomic mass is 127. The van der Waals surface area contributed by atoms with E-state index in [2.05, 4.69) is 15.6 Å². The van der Waals surface area contributed by atoms with Crippen LogP contribution in [0.5, 0.6) is 11.5 Å². The molecule has 1 aliphatic heterocycles.